The lowest BCUT2D eigenvalue weighted by Gasteiger charge is -2.24. The van der Waals surface area contributed by atoms with Crippen molar-refractivity contribution in [3.8, 4) is 0 Å². The van der Waals surface area contributed by atoms with Crippen LogP contribution in [0, 0.1) is 5.92 Å². The van der Waals surface area contributed by atoms with Crippen molar-refractivity contribution in [1.82, 2.24) is 5.32 Å². The van der Waals surface area contributed by atoms with Gasteiger partial charge in [-0.05, 0) is 32.6 Å². The highest BCUT2D eigenvalue weighted by Crippen LogP contribution is 2.19. The summed E-state index contributed by atoms with van der Waals surface area (Å²) in [5, 5.41) is 3.56. The van der Waals surface area contributed by atoms with Crippen molar-refractivity contribution in [3.63, 3.8) is 0 Å². The van der Waals surface area contributed by atoms with Crippen molar-refractivity contribution < 1.29 is 0 Å². The Hall–Kier alpha value is 0.310. The number of rotatable bonds is 7. The Morgan fingerprint density at radius 1 is 1.23 bits per heavy atom. The van der Waals surface area contributed by atoms with Gasteiger partial charge in [0.05, 0.1) is 0 Å². The van der Waals surface area contributed by atoms with Gasteiger partial charge in [-0.3, -0.25) is 0 Å². The van der Waals surface area contributed by atoms with Crippen LogP contribution >= 0.6 is 11.8 Å². The fourth-order valence-corrected chi connectivity index (χ4v) is 1.47. The van der Waals surface area contributed by atoms with E-state index in [-0.39, 0.29) is 0 Å². The van der Waals surface area contributed by atoms with E-state index in [4.69, 9.17) is 0 Å². The highest BCUT2D eigenvalue weighted by molar-refractivity contribution is 7.99. The van der Waals surface area contributed by atoms with Crippen molar-refractivity contribution in [2.24, 2.45) is 5.92 Å². The molecule has 0 aliphatic heterocycles. The summed E-state index contributed by atoms with van der Waals surface area (Å²) in [5.74, 6) is 0.859. The van der Waals surface area contributed by atoms with Gasteiger partial charge in [-0.1, -0.05) is 26.7 Å². The van der Waals surface area contributed by atoms with Gasteiger partial charge in [-0.15, -0.1) is 0 Å². The van der Waals surface area contributed by atoms with E-state index in [0.717, 1.165) is 12.5 Å². The molecule has 0 aromatic heterocycles. The molecule has 0 amide bonds. The third-order valence-corrected chi connectivity index (χ3v) is 3.94. The lowest BCUT2D eigenvalue weighted by Crippen LogP contribution is -2.34. The first-order valence-corrected chi connectivity index (χ1v) is 6.54. The molecule has 13 heavy (non-hydrogen) atoms. The van der Waals surface area contributed by atoms with Crippen LogP contribution < -0.4 is 5.32 Å². The summed E-state index contributed by atoms with van der Waals surface area (Å²) >= 11 is 1.93. The molecular weight excluding hydrogens is 178 g/mol. The van der Waals surface area contributed by atoms with Crippen molar-refractivity contribution >= 4 is 11.8 Å². The molecular formula is C11H25NS. The van der Waals surface area contributed by atoms with Crippen LogP contribution in [0.15, 0.2) is 0 Å². The maximum absolute atomic E-state index is 3.56. The molecule has 0 rings (SSSR count). The Morgan fingerprint density at radius 2 is 1.77 bits per heavy atom. The van der Waals surface area contributed by atoms with Crippen molar-refractivity contribution in [2.45, 2.75) is 45.3 Å². The van der Waals surface area contributed by atoms with Crippen molar-refractivity contribution in [1.29, 1.82) is 0 Å². The zero-order valence-corrected chi connectivity index (χ0v) is 10.6. The summed E-state index contributed by atoms with van der Waals surface area (Å²) < 4.78 is 0.381. The molecule has 0 fully saturated rings. The van der Waals surface area contributed by atoms with Crippen LogP contribution in [0.1, 0.15) is 40.5 Å². The van der Waals surface area contributed by atoms with E-state index >= 15 is 0 Å². The summed E-state index contributed by atoms with van der Waals surface area (Å²) in [4.78, 5) is 0. The Kier molecular flexibility index (Phi) is 6.88. The van der Waals surface area contributed by atoms with Crippen LogP contribution in [0.25, 0.3) is 0 Å². The van der Waals surface area contributed by atoms with E-state index < -0.39 is 0 Å². The van der Waals surface area contributed by atoms with Gasteiger partial charge < -0.3 is 5.32 Å². The van der Waals surface area contributed by atoms with Crippen LogP contribution in [0.3, 0.4) is 0 Å². The molecule has 0 aliphatic rings. The molecule has 0 saturated heterocycles. The van der Waals surface area contributed by atoms with Gasteiger partial charge >= 0.3 is 0 Å². The van der Waals surface area contributed by atoms with Gasteiger partial charge in [0.1, 0.15) is 0 Å². The van der Waals surface area contributed by atoms with E-state index in [1.165, 1.54) is 19.4 Å². The molecule has 0 aliphatic carbocycles. The van der Waals surface area contributed by atoms with E-state index in [9.17, 15) is 0 Å². The summed E-state index contributed by atoms with van der Waals surface area (Å²) in [6.45, 7) is 11.4. The predicted molar refractivity (Wildman–Crippen MR) is 64.5 cm³/mol. The van der Waals surface area contributed by atoms with Gasteiger partial charge in [0, 0.05) is 11.3 Å². The normalized spacial score (nSPS) is 12.5. The first-order valence-electron chi connectivity index (χ1n) is 5.31. The van der Waals surface area contributed by atoms with Crippen molar-refractivity contribution in [2.75, 3.05) is 19.3 Å². The molecule has 0 heterocycles. The van der Waals surface area contributed by atoms with Gasteiger partial charge in [-0.2, -0.15) is 11.8 Å². The average Bonchev–Trinajstić information content (AvgIpc) is 2.12. The Bertz CT molecular complexity index is 119. The zero-order chi connectivity index (χ0) is 10.3. The van der Waals surface area contributed by atoms with Gasteiger partial charge in [0.15, 0.2) is 0 Å². The summed E-state index contributed by atoms with van der Waals surface area (Å²) in [5.41, 5.74) is 0. The summed E-state index contributed by atoms with van der Waals surface area (Å²) in [7, 11) is 0. The molecule has 0 saturated carbocycles. The number of hydrogen-bond donors (Lipinski definition) is 1. The molecule has 0 radical (unpaired) electrons. The molecule has 1 nitrogen and oxygen atoms in total. The van der Waals surface area contributed by atoms with E-state index in [0.29, 0.717) is 4.75 Å². The maximum Gasteiger partial charge on any atom is 0.0225 e. The standard InChI is InChI=1S/C11H25NS/c1-6-10(7-2)8-12-9-11(3,4)13-5/h10,12H,6-9H2,1-5H3. The Morgan fingerprint density at radius 3 is 2.15 bits per heavy atom. The second-order valence-corrected chi connectivity index (χ2v) is 5.79. The smallest absolute Gasteiger partial charge is 0.0225 e. The monoisotopic (exact) mass is 203 g/mol. The molecule has 0 spiro atoms. The highest BCUT2D eigenvalue weighted by Gasteiger charge is 2.15. The number of nitrogens with one attached hydrogen (secondary N) is 1. The maximum atomic E-state index is 3.56. The fourth-order valence-electron chi connectivity index (χ4n) is 1.23. The highest BCUT2D eigenvalue weighted by atomic mass is 32.2. The molecule has 0 bridgehead atoms. The van der Waals surface area contributed by atoms with E-state index in [1.54, 1.807) is 0 Å². The largest absolute Gasteiger partial charge is 0.315 e. The molecule has 0 aromatic rings. The van der Waals surface area contributed by atoms with E-state index in [1.807, 2.05) is 11.8 Å². The van der Waals surface area contributed by atoms with Crippen molar-refractivity contribution in [3.05, 3.63) is 0 Å². The molecule has 0 unspecified atom stereocenters. The third kappa shape index (κ3) is 6.39. The quantitative estimate of drug-likeness (QED) is 0.682. The first-order chi connectivity index (χ1) is 6.05. The number of hydrogen-bond acceptors (Lipinski definition) is 2. The average molecular weight is 203 g/mol. The lowest BCUT2D eigenvalue weighted by atomic mass is 10.0. The Balaban J connectivity index is 3.54. The Labute approximate surface area is 88.1 Å². The topological polar surface area (TPSA) is 12.0 Å². The van der Waals surface area contributed by atoms with Gasteiger partial charge in [0.2, 0.25) is 0 Å². The van der Waals surface area contributed by atoms with Crippen LogP contribution in [-0.4, -0.2) is 24.1 Å². The van der Waals surface area contributed by atoms with Gasteiger partial charge in [-0.25, -0.2) is 0 Å². The molecule has 0 atom stereocenters. The lowest BCUT2D eigenvalue weighted by molar-refractivity contribution is 0.438. The molecule has 0 aromatic carbocycles. The fraction of sp³-hybridized carbons (Fsp3) is 1.00. The second-order valence-electron chi connectivity index (χ2n) is 4.28. The van der Waals surface area contributed by atoms with Crippen LogP contribution in [0.2, 0.25) is 0 Å². The third-order valence-electron chi connectivity index (χ3n) is 2.69. The minimum Gasteiger partial charge on any atom is -0.315 e. The molecule has 80 valence electrons. The van der Waals surface area contributed by atoms with Gasteiger partial charge in [0.25, 0.3) is 0 Å². The minimum absolute atomic E-state index is 0.381. The zero-order valence-electron chi connectivity index (χ0n) is 9.81. The van der Waals surface area contributed by atoms with E-state index in [2.05, 4.69) is 39.3 Å². The second kappa shape index (κ2) is 6.72. The predicted octanol–water partition coefficient (Wildman–Crippen LogP) is 3.15. The van der Waals surface area contributed by atoms with Crippen LogP contribution in [-0.2, 0) is 0 Å². The minimum atomic E-state index is 0.381. The molecule has 2 heteroatoms. The first kappa shape index (κ1) is 13.3. The molecule has 1 N–H and O–H groups in total. The summed E-state index contributed by atoms with van der Waals surface area (Å²) in [6.07, 6.45) is 4.77. The number of thioether (sulfide) groups is 1. The summed E-state index contributed by atoms with van der Waals surface area (Å²) in [6, 6.07) is 0. The van der Waals surface area contributed by atoms with Crippen LogP contribution in [0.5, 0.6) is 0 Å². The van der Waals surface area contributed by atoms with Crippen LogP contribution in [0.4, 0.5) is 0 Å². The SMILES string of the molecule is CCC(CC)CNCC(C)(C)SC.